The summed E-state index contributed by atoms with van der Waals surface area (Å²) in [6.07, 6.45) is -4.71. The molecule has 4 rings (SSSR count). The van der Waals surface area contributed by atoms with Crippen molar-refractivity contribution in [3.63, 3.8) is 0 Å². The minimum atomic E-state index is -4.76. The zero-order valence-corrected chi connectivity index (χ0v) is 17.1. The number of carbonyl (C=O) groups excluding carboxylic acids is 2. The van der Waals surface area contributed by atoms with Crippen LogP contribution in [0.25, 0.3) is 0 Å². The van der Waals surface area contributed by atoms with Crippen molar-refractivity contribution in [1.82, 2.24) is 9.80 Å². The lowest BCUT2D eigenvalue weighted by atomic mass is 10.1. The molecule has 2 aliphatic heterocycles. The van der Waals surface area contributed by atoms with E-state index in [2.05, 4.69) is 10.1 Å². The fourth-order valence-corrected chi connectivity index (χ4v) is 3.79. The second-order valence-electron chi connectivity index (χ2n) is 7.64. The van der Waals surface area contributed by atoms with Crippen LogP contribution in [0.5, 0.6) is 11.5 Å². The number of benzene rings is 2. The molecule has 0 radical (unpaired) electrons. The number of halogens is 3. The average Bonchev–Trinajstić information content (AvgIpc) is 3.18. The highest BCUT2D eigenvalue weighted by molar-refractivity contribution is 5.92. The summed E-state index contributed by atoms with van der Waals surface area (Å²) < 4.78 is 46.2. The lowest BCUT2D eigenvalue weighted by molar-refractivity contribution is -0.274. The van der Waals surface area contributed by atoms with Gasteiger partial charge in [-0.25, -0.2) is 0 Å². The molecule has 0 spiro atoms. The number of alkyl halides is 3. The molecule has 0 aromatic heterocycles. The minimum absolute atomic E-state index is 0.0496. The van der Waals surface area contributed by atoms with Crippen LogP contribution in [-0.2, 0) is 16.0 Å². The molecule has 1 atom stereocenters. The van der Waals surface area contributed by atoms with Crippen molar-refractivity contribution >= 4 is 17.5 Å². The molecule has 32 heavy (non-hydrogen) atoms. The van der Waals surface area contributed by atoms with Gasteiger partial charge in [-0.05, 0) is 35.9 Å². The van der Waals surface area contributed by atoms with Gasteiger partial charge in [-0.3, -0.25) is 14.5 Å². The van der Waals surface area contributed by atoms with E-state index >= 15 is 0 Å². The third kappa shape index (κ3) is 5.50. The number of piperazine rings is 1. The van der Waals surface area contributed by atoms with Gasteiger partial charge in [-0.1, -0.05) is 18.2 Å². The van der Waals surface area contributed by atoms with Crippen LogP contribution in [0.1, 0.15) is 5.56 Å². The topological polar surface area (TPSA) is 71.1 Å². The van der Waals surface area contributed by atoms with Crippen LogP contribution in [0.4, 0.5) is 18.9 Å². The van der Waals surface area contributed by atoms with E-state index in [0.717, 1.165) is 23.4 Å². The largest absolute Gasteiger partial charge is 0.573 e. The number of hydrogen-bond donors (Lipinski definition) is 1. The Morgan fingerprint density at radius 1 is 1.03 bits per heavy atom. The van der Waals surface area contributed by atoms with Crippen molar-refractivity contribution in [3.8, 4) is 11.5 Å². The molecule has 2 aromatic rings. The molecule has 2 aromatic carbocycles. The highest BCUT2D eigenvalue weighted by Crippen LogP contribution is 2.29. The Morgan fingerprint density at radius 2 is 1.72 bits per heavy atom. The molecule has 1 saturated heterocycles. The van der Waals surface area contributed by atoms with Gasteiger partial charge >= 0.3 is 6.36 Å². The Labute approximate surface area is 182 Å². The first kappa shape index (κ1) is 21.9. The maximum Gasteiger partial charge on any atom is 0.573 e. The van der Waals surface area contributed by atoms with Crippen molar-refractivity contribution in [3.05, 3.63) is 54.1 Å². The van der Waals surface area contributed by atoms with E-state index in [9.17, 15) is 22.8 Å². The van der Waals surface area contributed by atoms with Gasteiger partial charge in [-0.15, -0.1) is 13.2 Å². The SMILES string of the molecule is O=C(CN1CCN(C(=O)[C@@H]2Cc3ccccc3O2)CC1)Nc1ccc(OC(F)(F)F)cc1. The van der Waals surface area contributed by atoms with Crippen molar-refractivity contribution in [2.45, 2.75) is 18.9 Å². The van der Waals surface area contributed by atoms with Gasteiger partial charge in [0.25, 0.3) is 5.91 Å². The second kappa shape index (κ2) is 9.07. The van der Waals surface area contributed by atoms with Crippen LogP contribution in [-0.4, -0.2) is 66.8 Å². The van der Waals surface area contributed by atoms with Gasteiger partial charge in [0.1, 0.15) is 11.5 Å². The van der Waals surface area contributed by atoms with Gasteiger partial charge in [0.2, 0.25) is 5.91 Å². The molecule has 1 N–H and O–H groups in total. The van der Waals surface area contributed by atoms with Crippen LogP contribution in [0, 0.1) is 0 Å². The van der Waals surface area contributed by atoms with Gasteiger partial charge in [0.05, 0.1) is 6.54 Å². The number of hydrogen-bond acceptors (Lipinski definition) is 5. The van der Waals surface area contributed by atoms with Crippen LogP contribution >= 0.6 is 0 Å². The summed E-state index contributed by atoms with van der Waals surface area (Å²) in [5.74, 6) is 0.0556. The third-order valence-corrected chi connectivity index (χ3v) is 5.35. The summed E-state index contributed by atoms with van der Waals surface area (Å²) in [5, 5.41) is 2.65. The summed E-state index contributed by atoms with van der Waals surface area (Å²) in [4.78, 5) is 28.7. The van der Waals surface area contributed by atoms with Crippen LogP contribution in [0.2, 0.25) is 0 Å². The highest BCUT2D eigenvalue weighted by atomic mass is 19.4. The number of carbonyl (C=O) groups is 2. The van der Waals surface area contributed by atoms with Crippen molar-refractivity contribution < 1.29 is 32.2 Å². The molecule has 0 unspecified atom stereocenters. The first-order chi connectivity index (χ1) is 15.3. The lowest BCUT2D eigenvalue weighted by Crippen LogP contribution is -2.53. The zero-order valence-electron chi connectivity index (χ0n) is 17.1. The molecular formula is C22H22F3N3O4. The minimum Gasteiger partial charge on any atom is -0.480 e. The van der Waals surface area contributed by atoms with E-state index in [-0.39, 0.29) is 24.1 Å². The Kier molecular flexibility index (Phi) is 6.22. The number of amides is 2. The Hall–Kier alpha value is -3.27. The predicted octanol–water partition coefficient (Wildman–Crippen LogP) is 2.67. The smallest absolute Gasteiger partial charge is 0.480 e. The lowest BCUT2D eigenvalue weighted by Gasteiger charge is -2.35. The molecule has 2 heterocycles. The summed E-state index contributed by atoms with van der Waals surface area (Å²) in [5.41, 5.74) is 1.40. The van der Waals surface area contributed by atoms with Crippen molar-refractivity contribution in [2.75, 3.05) is 38.0 Å². The molecule has 0 aliphatic carbocycles. The number of para-hydroxylation sites is 1. The van der Waals surface area contributed by atoms with E-state index in [0.29, 0.717) is 38.3 Å². The normalized spacial score (nSPS) is 18.6. The highest BCUT2D eigenvalue weighted by Gasteiger charge is 2.34. The standard InChI is InChI=1S/C22H22F3N3O4/c23-22(24,25)32-17-7-5-16(6-8-17)26-20(29)14-27-9-11-28(12-10-27)21(30)19-13-15-3-1-2-4-18(15)31-19/h1-8,19H,9-14H2,(H,26,29)/t19-/m0/s1. The molecular weight excluding hydrogens is 427 g/mol. The molecule has 2 aliphatic rings. The number of ether oxygens (including phenoxy) is 2. The monoisotopic (exact) mass is 449 g/mol. The zero-order chi connectivity index (χ0) is 22.7. The first-order valence-electron chi connectivity index (χ1n) is 10.2. The molecule has 10 heteroatoms. The van der Waals surface area contributed by atoms with Crippen molar-refractivity contribution in [1.29, 1.82) is 0 Å². The second-order valence-corrected chi connectivity index (χ2v) is 7.64. The number of fused-ring (bicyclic) bond motifs is 1. The Morgan fingerprint density at radius 3 is 2.38 bits per heavy atom. The number of rotatable bonds is 5. The maximum absolute atomic E-state index is 12.8. The fourth-order valence-electron chi connectivity index (χ4n) is 3.79. The van der Waals surface area contributed by atoms with E-state index in [1.54, 1.807) is 4.90 Å². The first-order valence-corrected chi connectivity index (χ1v) is 10.2. The van der Waals surface area contributed by atoms with Gasteiger partial charge in [0, 0.05) is 38.3 Å². The third-order valence-electron chi connectivity index (χ3n) is 5.35. The van der Waals surface area contributed by atoms with Gasteiger partial charge < -0.3 is 19.7 Å². The molecule has 0 bridgehead atoms. The molecule has 7 nitrogen and oxygen atoms in total. The van der Waals surface area contributed by atoms with E-state index < -0.39 is 12.5 Å². The quantitative estimate of drug-likeness (QED) is 0.760. The van der Waals surface area contributed by atoms with Gasteiger partial charge in [-0.2, -0.15) is 0 Å². The van der Waals surface area contributed by atoms with E-state index in [1.807, 2.05) is 29.2 Å². The fraction of sp³-hybridized carbons (Fsp3) is 0.364. The number of nitrogens with one attached hydrogen (secondary N) is 1. The van der Waals surface area contributed by atoms with E-state index in [4.69, 9.17) is 4.74 Å². The molecule has 1 fully saturated rings. The summed E-state index contributed by atoms with van der Waals surface area (Å²) in [6.45, 7) is 2.18. The van der Waals surface area contributed by atoms with Crippen LogP contribution in [0.3, 0.4) is 0 Å². The molecule has 2 amide bonds. The van der Waals surface area contributed by atoms with Gasteiger partial charge in [0.15, 0.2) is 6.10 Å². The molecule has 0 saturated carbocycles. The Bertz CT molecular complexity index is 948. The van der Waals surface area contributed by atoms with Crippen LogP contribution < -0.4 is 14.8 Å². The maximum atomic E-state index is 12.8. The Balaban J connectivity index is 1.21. The summed E-state index contributed by atoms with van der Waals surface area (Å²) in [6, 6.07) is 12.6. The van der Waals surface area contributed by atoms with Crippen LogP contribution in [0.15, 0.2) is 48.5 Å². The molecule has 170 valence electrons. The number of nitrogens with zero attached hydrogens (tertiary/aromatic N) is 2. The van der Waals surface area contributed by atoms with E-state index in [1.165, 1.54) is 12.1 Å². The van der Waals surface area contributed by atoms with Crippen molar-refractivity contribution in [2.24, 2.45) is 0 Å². The number of anilines is 1. The predicted molar refractivity (Wildman–Crippen MR) is 109 cm³/mol. The summed E-state index contributed by atoms with van der Waals surface area (Å²) >= 11 is 0. The summed E-state index contributed by atoms with van der Waals surface area (Å²) in [7, 11) is 0. The average molecular weight is 449 g/mol.